The summed E-state index contributed by atoms with van der Waals surface area (Å²) in [4.78, 5) is 30.3. The predicted molar refractivity (Wildman–Crippen MR) is 152 cm³/mol. The SMILES string of the molecule is CCCCCCCC(=O)Nc1ccc(N2CCN(C(=O)C3c4ccccc4Oc4ccccc43)CC2)cc1. The molecule has 2 heterocycles. The molecule has 0 aromatic heterocycles. The van der Waals surface area contributed by atoms with Crippen molar-refractivity contribution in [2.75, 3.05) is 36.4 Å². The third-order valence-corrected chi connectivity index (χ3v) is 7.54. The fourth-order valence-electron chi connectivity index (χ4n) is 5.41. The van der Waals surface area contributed by atoms with E-state index in [0.29, 0.717) is 19.5 Å². The molecule has 3 aromatic rings. The lowest BCUT2D eigenvalue weighted by Gasteiger charge is -2.38. The highest BCUT2D eigenvalue weighted by Gasteiger charge is 2.36. The highest BCUT2D eigenvalue weighted by Crippen LogP contribution is 2.44. The fourth-order valence-corrected chi connectivity index (χ4v) is 5.41. The summed E-state index contributed by atoms with van der Waals surface area (Å²) in [7, 11) is 0. The summed E-state index contributed by atoms with van der Waals surface area (Å²) in [6.07, 6.45) is 6.28. The van der Waals surface area contributed by atoms with E-state index in [4.69, 9.17) is 4.74 Å². The molecule has 1 fully saturated rings. The van der Waals surface area contributed by atoms with E-state index >= 15 is 0 Å². The van der Waals surface area contributed by atoms with Gasteiger partial charge in [0.25, 0.3) is 0 Å². The summed E-state index contributed by atoms with van der Waals surface area (Å²) in [5.74, 6) is 1.37. The van der Waals surface area contributed by atoms with Crippen molar-refractivity contribution >= 4 is 23.2 Å². The van der Waals surface area contributed by atoms with Gasteiger partial charge in [-0.2, -0.15) is 0 Å². The highest BCUT2D eigenvalue weighted by atomic mass is 16.5. The Morgan fingerprint density at radius 3 is 2.03 bits per heavy atom. The van der Waals surface area contributed by atoms with Crippen molar-refractivity contribution in [1.82, 2.24) is 4.90 Å². The Hall–Kier alpha value is -3.80. The third-order valence-electron chi connectivity index (χ3n) is 7.54. The van der Waals surface area contributed by atoms with Crippen molar-refractivity contribution in [3.63, 3.8) is 0 Å². The van der Waals surface area contributed by atoms with E-state index < -0.39 is 0 Å². The van der Waals surface area contributed by atoms with Crippen LogP contribution in [-0.2, 0) is 9.59 Å². The van der Waals surface area contributed by atoms with Crippen LogP contribution in [0.4, 0.5) is 11.4 Å². The highest BCUT2D eigenvalue weighted by molar-refractivity contribution is 5.91. The Morgan fingerprint density at radius 1 is 0.789 bits per heavy atom. The van der Waals surface area contributed by atoms with Crippen LogP contribution < -0.4 is 15.0 Å². The first-order valence-corrected chi connectivity index (χ1v) is 13.9. The van der Waals surface area contributed by atoms with E-state index in [1.807, 2.05) is 65.6 Å². The molecule has 5 rings (SSSR count). The lowest BCUT2D eigenvalue weighted by atomic mass is 9.86. The molecule has 0 aliphatic carbocycles. The van der Waals surface area contributed by atoms with Gasteiger partial charge in [-0.3, -0.25) is 9.59 Å². The van der Waals surface area contributed by atoms with Gasteiger partial charge in [0.15, 0.2) is 0 Å². The van der Waals surface area contributed by atoms with Crippen LogP contribution in [0.15, 0.2) is 72.8 Å². The van der Waals surface area contributed by atoms with Crippen LogP contribution in [0.3, 0.4) is 0 Å². The molecular weight excluding hydrogens is 474 g/mol. The quantitative estimate of drug-likeness (QED) is 0.330. The topological polar surface area (TPSA) is 61.9 Å². The van der Waals surface area contributed by atoms with Crippen molar-refractivity contribution in [2.45, 2.75) is 51.4 Å². The summed E-state index contributed by atoms with van der Waals surface area (Å²) in [6, 6.07) is 23.7. The lowest BCUT2D eigenvalue weighted by molar-refractivity contribution is -0.132. The van der Waals surface area contributed by atoms with Crippen molar-refractivity contribution in [2.24, 2.45) is 0 Å². The van der Waals surface area contributed by atoms with Crippen molar-refractivity contribution < 1.29 is 14.3 Å². The summed E-state index contributed by atoms with van der Waals surface area (Å²) in [6.45, 7) is 5.05. The monoisotopic (exact) mass is 511 g/mol. The van der Waals surface area contributed by atoms with E-state index in [1.165, 1.54) is 19.3 Å². The average molecular weight is 512 g/mol. The fraction of sp³-hybridized carbons (Fsp3) is 0.375. The van der Waals surface area contributed by atoms with Crippen LogP contribution in [0.2, 0.25) is 0 Å². The van der Waals surface area contributed by atoms with E-state index in [0.717, 1.165) is 59.9 Å². The molecule has 0 spiro atoms. The number of ether oxygens (including phenoxy) is 1. The number of benzene rings is 3. The minimum atomic E-state index is -0.350. The number of piperazine rings is 1. The molecular formula is C32H37N3O3. The maximum absolute atomic E-state index is 13.8. The van der Waals surface area contributed by atoms with Gasteiger partial charge in [-0.25, -0.2) is 0 Å². The number of para-hydroxylation sites is 2. The number of fused-ring (bicyclic) bond motifs is 2. The Morgan fingerprint density at radius 2 is 1.39 bits per heavy atom. The van der Waals surface area contributed by atoms with Crippen molar-refractivity contribution in [3.05, 3.63) is 83.9 Å². The normalized spacial score (nSPS) is 14.9. The summed E-state index contributed by atoms with van der Waals surface area (Å²) < 4.78 is 6.08. The van der Waals surface area contributed by atoms with Crippen LogP contribution >= 0.6 is 0 Å². The molecule has 198 valence electrons. The second-order valence-electron chi connectivity index (χ2n) is 10.2. The Bertz CT molecular complexity index is 1200. The van der Waals surface area contributed by atoms with E-state index in [9.17, 15) is 9.59 Å². The Labute approximate surface area is 225 Å². The van der Waals surface area contributed by atoms with Gasteiger partial charge in [-0.1, -0.05) is 69.0 Å². The molecule has 0 bridgehead atoms. The maximum atomic E-state index is 13.8. The zero-order chi connectivity index (χ0) is 26.3. The Balaban J connectivity index is 1.17. The second kappa shape index (κ2) is 12.2. The second-order valence-corrected chi connectivity index (χ2v) is 10.2. The predicted octanol–water partition coefficient (Wildman–Crippen LogP) is 6.57. The van der Waals surface area contributed by atoms with E-state index in [-0.39, 0.29) is 17.7 Å². The third kappa shape index (κ3) is 5.85. The van der Waals surface area contributed by atoms with Gasteiger partial charge in [0.1, 0.15) is 11.5 Å². The number of rotatable bonds is 9. The van der Waals surface area contributed by atoms with Crippen LogP contribution in [0.5, 0.6) is 11.5 Å². The van der Waals surface area contributed by atoms with Gasteiger partial charge >= 0.3 is 0 Å². The Kier molecular flexibility index (Phi) is 8.27. The number of carbonyl (C=O) groups is 2. The molecule has 0 radical (unpaired) electrons. The van der Waals surface area contributed by atoms with Gasteiger partial charge < -0.3 is 19.9 Å². The number of amides is 2. The molecule has 2 aliphatic rings. The van der Waals surface area contributed by atoms with Crippen LogP contribution in [0.25, 0.3) is 0 Å². The summed E-state index contributed by atoms with van der Waals surface area (Å²) >= 11 is 0. The molecule has 0 atom stereocenters. The molecule has 6 heteroatoms. The summed E-state index contributed by atoms with van der Waals surface area (Å²) in [5, 5.41) is 3.02. The molecule has 2 aliphatic heterocycles. The number of nitrogens with one attached hydrogen (secondary N) is 1. The first kappa shape index (κ1) is 25.8. The molecule has 6 nitrogen and oxygen atoms in total. The number of carbonyl (C=O) groups excluding carboxylic acids is 2. The number of anilines is 2. The zero-order valence-electron chi connectivity index (χ0n) is 22.2. The molecule has 3 aromatic carbocycles. The lowest BCUT2D eigenvalue weighted by Crippen LogP contribution is -2.50. The molecule has 1 N–H and O–H groups in total. The minimum Gasteiger partial charge on any atom is -0.457 e. The summed E-state index contributed by atoms with van der Waals surface area (Å²) in [5.41, 5.74) is 3.80. The number of nitrogens with zero attached hydrogens (tertiary/aromatic N) is 2. The van der Waals surface area contributed by atoms with Gasteiger partial charge in [0.05, 0.1) is 5.92 Å². The van der Waals surface area contributed by atoms with Gasteiger partial charge in [-0.15, -0.1) is 0 Å². The van der Waals surface area contributed by atoms with Gasteiger partial charge in [0.2, 0.25) is 11.8 Å². The van der Waals surface area contributed by atoms with E-state index in [1.54, 1.807) is 0 Å². The number of hydrogen-bond donors (Lipinski definition) is 1. The van der Waals surface area contributed by atoms with Gasteiger partial charge in [0, 0.05) is 55.1 Å². The molecule has 0 saturated carbocycles. The molecule has 2 amide bonds. The van der Waals surface area contributed by atoms with Crippen molar-refractivity contribution in [3.8, 4) is 11.5 Å². The molecule has 38 heavy (non-hydrogen) atoms. The molecule has 0 unspecified atom stereocenters. The number of hydrogen-bond acceptors (Lipinski definition) is 4. The molecule has 1 saturated heterocycles. The average Bonchev–Trinajstić information content (AvgIpc) is 2.96. The van der Waals surface area contributed by atoms with Crippen LogP contribution in [0.1, 0.15) is 62.5 Å². The number of unbranched alkanes of at least 4 members (excludes halogenated alkanes) is 4. The maximum Gasteiger partial charge on any atom is 0.234 e. The minimum absolute atomic E-state index is 0.0811. The van der Waals surface area contributed by atoms with Crippen LogP contribution in [0, 0.1) is 0 Å². The van der Waals surface area contributed by atoms with Gasteiger partial charge in [-0.05, 0) is 42.8 Å². The van der Waals surface area contributed by atoms with E-state index in [2.05, 4.69) is 29.3 Å². The standard InChI is InChI=1S/C32H37N3O3/c1-2-3-4-5-6-15-30(36)33-24-16-18-25(19-17-24)34-20-22-35(23-21-34)32(37)31-26-11-7-9-13-28(26)38-29-14-10-8-12-27(29)31/h7-14,16-19,31H,2-6,15,20-23H2,1H3,(H,33,36). The smallest absolute Gasteiger partial charge is 0.234 e. The largest absolute Gasteiger partial charge is 0.457 e. The van der Waals surface area contributed by atoms with Crippen LogP contribution in [-0.4, -0.2) is 42.9 Å². The first-order valence-electron chi connectivity index (χ1n) is 13.9. The zero-order valence-corrected chi connectivity index (χ0v) is 22.2. The van der Waals surface area contributed by atoms with Crippen molar-refractivity contribution in [1.29, 1.82) is 0 Å². The first-order chi connectivity index (χ1) is 18.6.